The average Bonchev–Trinajstić information content (AvgIpc) is 2.79. The lowest BCUT2D eigenvalue weighted by molar-refractivity contribution is 0.356. The van der Waals surface area contributed by atoms with E-state index in [2.05, 4.69) is 44.6 Å². The largest absolute Gasteiger partial charge is 0.493 e. The molecular weight excluding hydrogens is 426 g/mol. The number of rotatable bonds is 7. The van der Waals surface area contributed by atoms with Crippen molar-refractivity contribution in [3.8, 4) is 11.5 Å². The number of fused-ring (bicyclic) bond motifs is 1. The molecule has 7 nitrogen and oxygen atoms in total. The van der Waals surface area contributed by atoms with Crippen molar-refractivity contribution < 1.29 is 9.47 Å². The van der Waals surface area contributed by atoms with Crippen LogP contribution < -0.4 is 20.1 Å². The van der Waals surface area contributed by atoms with Crippen LogP contribution in [0.25, 0.3) is 10.9 Å². The van der Waals surface area contributed by atoms with Crippen LogP contribution >= 0.6 is 11.6 Å². The van der Waals surface area contributed by atoms with Gasteiger partial charge in [0.15, 0.2) is 11.5 Å². The van der Waals surface area contributed by atoms with Gasteiger partial charge in [-0.05, 0) is 61.3 Å². The van der Waals surface area contributed by atoms with Gasteiger partial charge in [0.25, 0.3) is 0 Å². The highest BCUT2D eigenvalue weighted by Gasteiger charge is 2.15. The number of nitrogens with one attached hydrogen (secondary N) is 2. The van der Waals surface area contributed by atoms with Crippen molar-refractivity contribution in [3.63, 3.8) is 0 Å². The summed E-state index contributed by atoms with van der Waals surface area (Å²) in [5, 5.41) is 7.79. The normalized spacial score (nSPS) is 11.8. The van der Waals surface area contributed by atoms with Gasteiger partial charge in [-0.1, -0.05) is 12.1 Å². The van der Waals surface area contributed by atoms with Crippen molar-refractivity contribution in [2.75, 3.05) is 24.9 Å². The number of hydrogen-bond acceptors (Lipinski definition) is 7. The zero-order valence-electron chi connectivity index (χ0n) is 18.3. The van der Waals surface area contributed by atoms with Crippen molar-refractivity contribution in [1.29, 1.82) is 0 Å². The fourth-order valence-corrected chi connectivity index (χ4v) is 3.60. The van der Waals surface area contributed by atoms with Gasteiger partial charge in [-0.15, -0.1) is 0 Å². The summed E-state index contributed by atoms with van der Waals surface area (Å²) >= 11 is 6.20. The summed E-state index contributed by atoms with van der Waals surface area (Å²) in [4.78, 5) is 13.1. The molecule has 0 bridgehead atoms. The highest BCUT2D eigenvalue weighted by molar-refractivity contribution is 6.28. The lowest BCUT2D eigenvalue weighted by atomic mass is 10.1. The molecule has 0 fully saturated rings. The zero-order valence-corrected chi connectivity index (χ0v) is 19.1. The molecule has 0 spiro atoms. The summed E-state index contributed by atoms with van der Waals surface area (Å²) in [6.45, 7) is 4.03. The highest BCUT2D eigenvalue weighted by atomic mass is 35.5. The monoisotopic (exact) mass is 449 g/mol. The van der Waals surface area contributed by atoms with E-state index < -0.39 is 0 Å². The summed E-state index contributed by atoms with van der Waals surface area (Å²) in [7, 11) is 3.18. The third-order valence-electron chi connectivity index (χ3n) is 5.11. The molecule has 2 heterocycles. The highest BCUT2D eigenvalue weighted by Crippen LogP contribution is 2.35. The number of nitrogens with zero attached hydrogens (tertiary/aromatic N) is 3. The van der Waals surface area contributed by atoms with Crippen LogP contribution in [0.3, 0.4) is 0 Å². The van der Waals surface area contributed by atoms with Crippen molar-refractivity contribution in [2.45, 2.75) is 19.9 Å². The van der Waals surface area contributed by atoms with E-state index >= 15 is 0 Å². The molecule has 4 aromatic rings. The van der Waals surface area contributed by atoms with Gasteiger partial charge in [0.05, 0.1) is 37.7 Å². The Labute approximate surface area is 191 Å². The molecule has 0 radical (unpaired) electrons. The van der Waals surface area contributed by atoms with Crippen LogP contribution in [0.4, 0.5) is 17.2 Å². The SMILES string of the molecule is COc1cc2nc(Cl)nc(NC(C)c3cccc(Nc4ccc(C)nc4)c3)c2cc1OC. The van der Waals surface area contributed by atoms with Crippen LogP contribution in [0.15, 0.2) is 54.7 Å². The second-order valence-electron chi connectivity index (χ2n) is 7.37. The Morgan fingerprint density at radius 3 is 2.44 bits per heavy atom. The number of ether oxygens (including phenoxy) is 2. The first-order valence-electron chi connectivity index (χ1n) is 10.1. The molecule has 2 N–H and O–H groups in total. The van der Waals surface area contributed by atoms with E-state index in [4.69, 9.17) is 21.1 Å². The maximum Gasteiger partial charge on any atom is 0.224 e. The van der Waals surface area contributed by atoms with Crippen LogP contribution in [0.2, 0.25) is 5.28 Å². The quantitative estimate of drug-likeness (QED) is 0.339. The van der Waals surface area contributed by atoms with Gasteiger partial charge >= 0.3 is 0 Å². The Balaban J connectivity index is 1.62. The van der Waals surface area contributed by atoms with Crippen LogP contribution in [0.1, 0.15) is 24.2 Å². The number of methoxy groups -OCH3 is 2. The molecule has 0 saturated heterocycles. The predicted molar refractivity (Wildman–Crippen MR) is 128 cm³/mol. The van der Waals surface area contributed by atoms with Crippen molar-refractivity contribution >= 4 is 39.7 Å². The van der Waals surface area contributed by atoms with Crippen LogP contribution in [0.5, 0.6) is 11.5 Å². The summed E-state index contributed by atoms with van der Waals surface area (Å²) < 4.78 is 10.8. The summed E-state index contributed by atoms with van der Waals surface area (Å²) in [6, 6.07) is 15.8. The Morgan fingerprint density at radius 1 is 0.938 bits per heavy atom. The lowest BCUT2D eigenvalue weighted by Crippen LogP contribution is -2.09. The third kappa shape index (κ3) is 4.68. The topological polar surface area (TPSA) is 81.2 Å². The number of hydrogen-bond donors (Lipinski definition) is 2. The first kappa shape index (κ1) is 21.6. The zero-order chi connectivity index (χ0) is 22.7. The average molecular weight is 450 g/mol. The van der Waals surface area contributed by atoms with E-state index in [1.807, 2.05) is 43.5 Å². The molecule has 1 unspecified atom stereocenters. The van der Waals surface area contributed by atoms with Gasteiger partial charge in [-0.25, -0.2) is 9.97 Å². The molecular formula is C24H24ClN5O2. The van der Waals surface area contributed by atoms with Crippen molar-refractivity contribution in [2.24, 2.45) is 0 Å². The molecule has 0 aliphatic heterocycles. The van der Waals surface area contributed by atoms with Crippen molar-refractivity contribution in [1.82, 2.24) is 15.0 Å². The van der Waals surface area contributed by atoms with Crippen LogP contribution in [-0.4, -0.2) is 29.2 Å². The molecule has 0 saturated carbocycles. The second-order valence-corrected chi connectivity index (χ2v) is 7.71. The third-order valence-corrected chi connectivity index (χ3v) is 5.28. The van der Waals surface area contributed by atoms with E-state index in [0.29, 0.717) is 22.8 Å². The van der Waals surface area contributed by atoms with Crippen molar-refractivity contribution in [3.05, 3.63) is 71.3 Å². The second kappa shape index (κ2) is 9.28. The molecule has 2 aromatic carbocycles. The van der Waals surface area contributed by atoms with Gasteiger partial charge in [0, 0.05) is 22.8 Å². The fourth-order valence-electron chi connectivity index (χ4n) is 3.42. The van der Waals surface area contributed by atoms with E-state index in [0.717, 1.165) is 28.0 Å². The predicted octanol–water partition coefficient (Wildman–Crippen LogP) is 5.92. The standard InChI is InChI=1S/C24H24ClN5O2/c1-14-8-9-18(13-26-14)28-17-7-5-6-16(10-17)15(2)27-23-19-11-21(31-3)22(32-4)12-20(19)29-24(25)30-23/h5-13,15,28H,1-4H3,(H,27,29,30). The van der Waals surface area contributed by atoms with Gasteiger partial charge < -0.3 is 20.1 Å². The van der Waals surface area contributed by atoms with Gasteiger partial charge in [-0.2, -0.15) is 0 Å². The minimum Gasteiger partial charge on any atom is -0.493 e. The summed E-state index contributed by atoms with van der Waals surface area (Å²) in [6.07, 6.45) is 1.82. The molecule has 0 amide bonds. The maximum atomic E-state index is 6.20. The molecule has 32 heavy (non-hydrogen) atoms. The fraction of sp³-hybridized carbons (Fsp3) is 0.208. The van der Waals surface area contributed by atoms with E-state index in [9.17, 15) is 0 Å². The summed E-state index contributed by atoms with van der Waals surface area (Å²) in [5.41, 5.74) is 4.63. The first-order valence-corrected chi connectivity index (χ1v) is 10.5. The number of aryl methyl sites for hydroxylation is 1. The molecule has 2 aromatic heterocycles. The summed E-state index contributed by atoms with van der Waals surface area (Å²) in [5.74, 6) is 1.80. The molecule has 8 heteroatoms. The van der Waals surface area contributed by atoms with Gasteiger partial charge in [0.1, 0.15) is 5.82 Å². The Hall–Kier alpha value is -3.58. The lowest BCUT2D eigenvalue weighted by Gasteiger charge is -2.18. The first-order chi connectivity index (χ1) is 15.5. The maximum absolute atomic E-state index is 6.20. The number of anilines is 3. The van der Waals surface area contributed by atoms with Gasteiger partial charge in [-0.3, -0.25) is 4.98 Å². The number of benzene rings is 2. The number of pyridine rings is 1. The number of halogens is 1. The molecule has 0 aliphatic carbocycles. The Bertz CT molecular complexity index is 1250. The smallest absolute Gasteiger partial charge is 0.224 e. The molecule has 0 aliphatic rings. The molecule has 1 atom stereocenters. The Kier molecular flexibility index (Phi) is 6.28. The minimum absolute atomic E-state index is 0.0462. The van der Waals surface area contributed by atoms with E-state index in [1.165, 1.54) is 0 Å². The van der Waals surface area contributed by atoms with Crippen LogP contribution in [-0.2, 0) is 0 Å². The van der Waals surface area contributed by atoms with Crippen LogP contribution in [0, 0.1) is 6.92 Å². The van der Waals surface area contributed by atoms with E-state index in [-0.39, 0.29) is 11.3 Å². The molecule has 4 rings (SSSR count). The molecule has 164 valence electrons. The number of aromatic nitrogens is 3. The minimum atomic E-state index is -0.0462. The Morgan fingerprint density at radius 2 is 1.72 bits per heavy atom. The van der Waals surface area contributed by atoms with E-state index in [1.54, 1.807) is 20.3 Å². The van der Waals surface area contributed by atoms with Gasteiger partial charge in [0.2, 0.25) is 5.28 Å².